The molecule has 1 heterocycles. The van der Waals surface area contributed by atoms with Crippen LogP contribution in [0.1, 0.15) is 23.4 Å². The van der Waals surface area contributed by atoms with Crippen LogP contribution < -0.4 is 15.4 Å². The number of carbonyl (C=O) groups excluding carboxylic acids is 2. The van der Waals surface area contributed by atoms with E-state index in [-0.39, 0.29) is 37.4 Å². The largest absolute Gasteiger partial charge is 0.485 e. The summed E-state index contributed by atoms with van der Waals surface area (Å²) < 4.78 is 10.3. The molecule has 0 unspecified atom stereocenters. The van der Waals surface area contributed by atoms with Gasteiger partial charge in [0.05, 0.1) is 6.61 Å². The molecule has 0 bridgehead atoms. The highest BCUT2D eigenvalue weighted by atomic mass is 16.5. The molecule has 9 nitrogen and oxygen atoms in total. The molecule has 0 aliphatic heterocycles. The number of hydrogen-bond acceptors (Lipinski definition) is 7. The molecule has 0 aliphatic carbocycles. The lowest BCUT2D eigenvalue weighted by Gasteiger charge is -2.06. The molecule has 122 valence electrons. The highest BCUT2D eigenvalue weighted by molar-refractivity contribution is 5.89. The fourth-order valence-electron chi connectivity index (χ4n) is 1.66. The molecule has 2 rings (SSSR count). The monoisotopic (exact) mass is 320 g/mol. The Labute approximate surface area is 131 Å². The maximum absolute atomic E-state index is 11.5. The summed E-state index contributed by atoms with van der Waals surface area (Å²) in [5.74, 6) is -0.246. The van der Waals surface area contributed by atoms with Crippen molar-refractivity contribution in [3.05, 3.63) is 36.0 Å². The second-order valence-corrected chi connectivity index (χ2v) is 4.49. The number of nitrogens with one attached hydrogen (secondary N) is 2. The summed E-state index contributed by atoms with van der Waals surface area (Å²) in [6.45, 7) is 1.33. The average molecular weight is 320 g/mol. The van der Waals surface area contributed by atoms with E-state index in [9.17, 15) is 9.59 Å². The van der Waals surface area contributed by atoms with Crippen molar-refractivity contribution in [1.29, 1.82) is 0 Å². The first kappa shape index (κ1) is 16.4. The van der Waals surface area contributed by atoms with Gasteiger partial charge in [-0.05, 0) is 12.1 Å². The minimum Gasteiger partial charge on any atom is -0.485 e. The van der Waals surface area contributed by atoms with Crippen LogP contribution in [0.3, 0.4) is 0 Å². The van der Waals surface area contributed by atoms with Crippen molar-refractivity contribution in [1.82, 2.24) is 15.5 Å². The van der Waals surface area contributed by atoms with Crippen LogP contribution in [0.4, 0.5) is 5.69 Å². The van der Waals surface area contributed by atoms with Crippen molar-refractivity contribution in [3.8, 4) is 5.75 Å². The van der Waals surface area contributed by atoms with Gasteiger partial charge in [-0.3, -0.25) is 9.59 Å². The number of rotatable bonds is 7. The van der Waals surface area contributed by atoms with E-state index in [1.807, 2.05) is 0 Å². The van der Waals surface area contributed by atoms with Crippen LogP contribution in [-0.2, 0) is 11.4 Å². The Hall–Kier alpha value is -2.94. The molecule has 1 aromatic heterocycles. The van der Waals surface area contributed by atoms with E-state index in [2.05, 4.69) is 20.8 Å². The van der Waals surface area contributed by atoms with Gasteiger partial charge in [0.25, 0.3) is 0 Å². The van der Waals surface area contributed by atoms with Crippen molar-refractivity contribution < 1.29 is 24.0 Å². The number of hydrogen-bond donors (Lipinski definition) is 3. The SMILES string of the molecule is CC(=O)Nc1cccc(OCc2noc(C(=O)NCCO)n2)c1. The molecule has 9 heteroatoms. The highest BCUT2D eigenvalue weighted by Crippen LogP contribution is 2.18. The molecule has 2 aromatic rings. The first-order valence-electron chi connectivity index (χ1n) is 6.80. The molecule has 0 saturated carbocycles. The van der Waals surface area contributed by atoms with E-state index in [0.717, 1.165) is 0 Å². The fraction of sp³-hybridized carbons (Fsp3) is 0.286. The quantitative estimate of drug-likeness (QED) is 0.671. The lowest BCUT2D eigenvalue weighted by Crippen LogP contribution is -2.26. The third-order valence-corrected chi connectivity index (χ3v) is 2.58. The number of nitrogens with zero attached hydrogens (tertiary/aromatic N) is 2. The second kappa shape index (κ2) is 7.90. The zero-order chi connectivity index (χ0) is 16.7. The van der Waals surface area contributed by atoms with Crippen molar-refractivity contribution in [2.75, 3.05) is 18.5 Å². The molecule has 0 spiro atoms. The van der Waals surface area contributed by atoms with Crippen LogP contribution in [0.2, 0.25) is 0 Å². The van der Waals surface area contributed by atoms with Crippen LogP contribution in [0.25, 0.3) is 0 Å². The van der Waals surface area contributed by atoms with Crippen LogP contribution >= 0.6 is 0 Å². The molecular weight excluding hydrogens is 304 g/mol. The zero-order valence-corrected chi connectivity index (χ0v) is 12.4. The summed E-state index contributed by atoms with van der Waals surface area (Å²) in [4.78, 5) is 26.4. The first-order chi connectivity index (χ1) is 11.1. The Balaban J connectivity index is 1.92. The second-order valence-electron chi connectivity index (χ2n) is 4.49. The average Bonchev–Trinajstić information content (AvgIpc) is 2.99. The predicted molar refractivity (Wildman–Crippen MR) is 78.8 cm³/mol. The van der Waals surface area contributed by atoms with Crippen molar-refractivity contribution in [2.45, 2.75) is 13.5 Å². The normalized spacial score (nSPS) is 10.2. The van der Waals surface area contributed by atoms with Gasteiger partial charge in [-0.25, -0.2) is 0 Å². The summed E-state index contributed by atoms with van der Waals surface area (Å²) in [6, 6.07) is 6.81. The highest BCUT2D eigenvalue weighted by Gasteiger charge is 2.14. The van der Waals surface area contributed by atoms with E-state index in [1.165, 1.54) is 6.92 Å². The van der Waals surface area contributed by atoms with Gasteiger partial charge in [0.2, 0.25) is 11.7 Å². The van der Waals surface area contributed by atoms with Gasteiger partial charge in [0.15, 0.2) is 6.61 Å². The van der Waals surface area contributed by atoms with Gasteiger partial charge < -0.3 is 25.0 Å². The molecule has 2 amide bonds. The number of carbonyl (C=O) groups is 2. The molecule has 3 N–H and O–H groups in total. The summed E-state index contributed by atoms with van der Waals surface area (Å²) in [6.07, 6.45) is 0. The standard InChI is InChI=1S/C14H16N4O5/c1-9(20)16-10-3-2-4-11(7-10)22-8-12-17-14(23-18-12)13(21)15-5-6-19/h2-4,7,19H,5-6,8H2,1H3,(H,15,21)(H,16,20). The number of aromatic nitrogens is 2. The third kappa shape index (κ3) is 5.08. The number of benzene rings is 1. The first-order valence-corrected chi connectivity index (χ1v) is 6.80. The van der Waals surface area contributed by atoms with E-state index < -0.39 is 5.91 Å². The van der Waals surface area contributed by atoms with Crippen LogP contribution in [0, 0.1) is 0 Å². The van der Waals surface area contributed by atoms with Crippen LogP contribution in [-0.4, -0.2) is 40.2 Å². The molecule has 23 heavy (non-hydrogen) atoms. The molecule has 0 radical (unpaired) electrons. The Morgan fingerprint density at radius 2 is 2.22 bits per heavy atom. The van der Waals surface area contributed by atoms with Crippen molar-refractivity contribution in [2.24, 2.45) is 0 Å². The van der Waals surface area contributed by atoms with Gasteiger partial charge in [-0.15, -0.1) is 0 Å². The molecule has 0 atom stereocenters. The molecule has 0 saturated heterocycles. The van der Waals surface area contributed by atoms with Crippen molar-refractivity contribution >= 4 is 17.5 Å². The number of aliphatic hydroxyl groups is 1. The topological polar surface area (TPSA) is 127 Å². The number of amides is 2. The molecule has 1 aromatic carbocycles. The lowest BCUT2D eigenvalue weighted by molar-refractivity contribution is -0.114. The molecule has 0 fully saturated rings. The van der Waals surface area contributed by atoms with E-state index >= 15 is 0 Å². The fourth-order valence-corrected chi connectivity index (χ4v) is 1.66. The number of ether oxygens (including phenoxy) is 1. The Bertz CT molecular complexity index is 685. The van der Waals surface area contributed by atoms with Gasteiger partial charge in [-0.2, -0.15) is 4.98 Å². The Morgan fingerprint density at radius 3 is 2.96 bits per heavy atom. The minimum absolute atomic E-state index is 0.000302. The van der Waals surface area contributed by atoms with Gasteiger partial charge in [0.1, 0.15) is 5.75 Å². The van der Waals surface area contributed by atoms with E-state index in [1.54, 1.807) is 24.3 Å². The van der Waals surface area contributed by atoms with Crippen LogP contribution in [0.15, 0.2) is 28.8 Å². The van der Waals surface area contributed by atoms with Gasteiger partial charge >= 0.3 is 11.8 Å². The Morgan fingerprint density at radius 1 is 1.39 bits per heavy atom. The van der Waals surface area contributed by atoms with Gasteiger partial charge in [-0.1, -0.05) is 11.2 Å². The summed E-state index contributed by atoms with van der Waals surface area (Å²) in [5.41, 5.74) is 0.604. The van der Waals surface area contributed by atoms with Crippen molar-refractivity contribution in [3.63, 3.8) is 0 Å². The van der Waals surface area contributed by atoms with E-state index in [0.29, 0.717) is 11.4 Å². The lowest BCUT2D eigenvalue weighted by atomic mass is 10.3. The maximum atomic E-state index is 11.5. The van der Waals surface area contributed by atoms with E-state index in [4.69, 9.17) is 14.4 Å². The minimum atomic E-state index is -0.564. The number of aliphatic hydroxyl groups excluding tert-OH is 1. The predicted octanol–water partition coefficient (Wildman–Crippen LogP) is 0.329. The maximum Gasteiger partial charge on any atom is 0.316 e. The summed E-state index contributed by atoms with van der Waals surface area (Å²) in [5, 5.41) is 17.3. The smallest absolute Gasteiger partial charge is 0.316 e. The molecule has 0 aliphatic rings. The summed E-state index contributed by atoms with van der Waals surface area (Å²) >= 11 is 0. The van der Waals surface area contributed by atoms with Crippen LogP contribution in [0.5, 0.6) is 5.75 Å². The summed E-state index contributed by atoms with van der Waals surface area (Å²) in [7, 11) is 0. The zero-order valence-electron chi connectivity index (χ0n) is 12.4. The Kier molecular flexibility index (Phi) is 5.64. The van der Waals surface area contributed by atoms with Gasteiger partial charge in [0, 0.05) is 25.2 Å². The molecular formula is C14H16N4O5. The third-order valence-electron chi connectivity index (χ3n) is 2.58. The number of anilines is 1.